The number of nitrogens with one attached hydrogen (secondary N) is 2. The molecular weight excluding hydrogens is 413 g/mol. The van der Waals surface area contributed by atoms with Crippen molar-refractivity contribution in [1.29, 1.82) is 5.26 Å². The summed E-state index contributed by atoms with van der Waals surface area (Å²) < 4.78 is 19.0. The minimum absolute atomic E-state index is 0.0519. The Morgan fingerprint density at radius 3 is 2.50 bits per heavy atom. The molecule has 8 heteroatoms. The third-order valence-electron chi connectivity index (χ3n) is 4.18. The van der Waals surface area contributed by atoms with Gasteiger partial charge in [-0.05, 0) is 60.2 Å². The molecule has 0 heterocycles. The summed E-state index contributed by atoms with van der Waals surface area (Å²) >= 11 is 0. The van der Waals surface area contributed by atoms with Gasteiger partial charge in [-0.1, -0.05) is 24.3 Å². The van der Waals surface area contributed by atoms with Gasteiger partial charge in [0.25, 0.3) is 11.8 Å². The van der Waals surface area contributed by atoms with Gasteiger partial charge in [0.15, 0.2) is 6.61 Å². The highest BCUT2D eigenvalue weighted by atomic mass is 19.1. The third kappa shape index (κ3) is 6.18. The fourth-order valence-corrected chi connectivity index (χ4v) is 2.65. The summed E-state index contributed by atoms with van der Waals surface area (Å²) in [6.07, 6.45) is 1.38. The van der Waals surface area contributed by atoms with Crippen molar-refractivity contribution in [3.05, 3.63) is 89.8 Å². The first-order valence-electron chi connectivity index (χ1n) is 9.44. The van der Waals surface area contributed by atoms with Crippen LogP contribution in [0.2, 0.25) is 0 Å². The number of benzene rings is 3. The predicted octanol–water partition coefficient (Wildman–Crippen LogP) is 4.09. The van der Waals surface area contributed by atoms with Gasteiger partial charge < -0.3 is 20.5 Å². The van der Waals surface area contributed by atoms with Gasteiger partial charge in [0, 0.05) is 5.69 Å². The Bertz CT molecular complexity index is 1200. The molecule has 0 atom stereocenters. The zero-order valence-electron chi connectivity index (χ0n) is 16.7. The maximum atomic E-state index is 13.6. The minimum Gasteiger partial charge on any atom is -0.508 e. The molecule has 0 fully saturated rings. The van der Waals surface area contributed by atoms with Gasteiger partial charge in [-0.2, -0.15) is 5.26 Å². The Labute approximate surface area is 183 Å². The minimum atomic E-state index is -0.617. The lowest BCUT2D eigenvalue weighted by Crippen LogP contribution is -2.20. The number of anilines is 2. The smallest absolute Gasteiger partial charge is 0.266 e. The standard InChI is InChI=1S/C24H18FN3O4/c25-21-6-1-2-7-22(21)28-23(30)15-32-20-5-3-4-16(13-20)12-17(14-26)24(31)27-18-8-10-19(29)11-9-18/h1-13,29H,15H2,(H,27,31)(H,28,30). The van der Waals surface area contributed by atoms with Crippen LogP contribution in [-0.2, 0) is 9.59 Å². The van der Waals surface area contributed by atoms with Gasteiger partial charge in [0.05, 0.1) is 5.69 Å². The number of hydrogen-bond acceptors (Lipinski definition) is 5. The number of amides is 2. The van der Waals surface area contributed by atoms with E-state index in [1.54, 1.807) is 30.3 Å². The molecule has 0 aromatic heterocycles. The number of hydrogen-bond donors (Lipinski definition) is 3. The van der Waals surface area contributed by atoms with E-state index >= 15 is 0 Å². The molecule has 3 N–H and O–H groups in total. The molecular formula is C24H18FN3O4. The van der Waals surface area contributed by atoms with Crippen LogP contribution in [0.15, 0.2) is 78.4 Å². The molecule has 3 aromatic carbocycles. The van der Waals surface area contributed by atoms with Crippen LogP contribution in [0.25, 0.3) is 6.08 Å². The van der Waals surface area contributed by atoms with Crippen molar-refractivity contribution in [1.82, 2.24) is 0 Å². The number of nitriles is 1. The molecule has 32 heavy (non-hydrogen) atoms. The van der Waals surface area contributed by atoms with Crippen LogP contribution in [0.1, 0.15) is 5.56 Å². The van der Waals surface area contributed by atoms with E-state index in [0.29, 0.717) is 17.0 Å². The van der Waals surface area contributed by atoms with Crippen LogP contribution in [0.5, 0.6) is 11.5 Å². The number of aromatic hydroxyl groups is 1. The van der Waals surface area contributed by atoms with E-state index < -0.39 is 17.6 Å². The van der Waals surface area contributed by atoms with Gasteiger partial charge in [-0.25, -0.2) is 4.39 Å². The van der Waals surface area contributed by atoms with E-state index in [4.69, 9.17) is 4.74 Å². The number of carbonyl (C=O) groups is 2. The number of halogens is 1. The molecule has 0 radical (unpaired) electrons. The van der Waals surface area contributed by atoms with Crippen LogP contribution < -0.4 is 15.4 Å². The molecule has 0 spiro atoms. The molecule has 0 aliphatic rings. The highest BCUT2D eigenvalue weighted by Crippen LogP contribution is 2.18. The van der Waals surface area contributed by atoms with E-state index in [9.17, 15) is 24.3 Å². The monoisotopic (exact) mass is 431 g/mol. The molecule has 3 aromatic rings. The van der Waals surface area contributed by atoms with Crippen LogP contribution in [0.4, 0.5) is 15.8 Å². The largest absolute Gasteiger partial charge is 0.508 e. The summed E-state index contributed by atoms with van der Waals surface area (Å²) in [6.45, 7) is -0.353. The van der Waals surface area contributed by atoms with Gasteiger partial charge in [0.1, 0.15) is 29.0 Å². The fourth-order valence-electron chi connectivity index (χ4n) is 2.65. The van der Waals surface area contributed by atoms with E-state index in [1.165, 1.54) is 48.5 Å². The van der Waals surface area contributed by atoms with Crippen molar-refractivity contribution in [3.63, 3.8) is 0 Å². The summed E-state index contributed by atoms with van der Waals surface area (Å²) in [5.74, 6) is -1.32. The lowest BCUT2D eigenvalue weighted by molar-refractivity contribution is -0.118. The number of ether oxygens (including phenoxy) is 1. The highest BCUT2D eigenvalue weighted by molar-refractivity contribution is 6.09. The molecule has 160 valence electrons. The molecule has 0 unspecified atom stereocenters. The molecule has 0 aliphatic carbocycles. The number of phenols is 1. The average molecular weight is 431 g/mol. The number of carbonyl (C=O) groups excluding carboxylic acids is 2. The normalized spacial score (nSPS) is 10.7. The van der Waals surface area contributed by atoms with Crippen molar-refractivity contribution in [2.75, 3.05) is 17.2 Å². The topological polar surface area (TPSA) is 111 Å². The van der Waals surface area contributed by atoms with Crippen molar-refractivity contribution >= 4 is 29.3 Å². The molecule has 0 saturated carbocycles. The number of phenolic OH excluding ortho intramolecular Hbond substituents is 1. The van der Waals surface area contributed by atoms with E-state index in [2.05, 4.69) is 10.6 Å². The molecule has 3 rings (SSSR count). The van der Waals surface area contributed by atoms with Gasteiger partial charge in [-0.15, -0.1) is 0 Å². The number of para-hydroxylation sites is 1. The van der Waals surface area contributed by atoms with Crippen LogP contribution >= 0.6 is 0 Å². The second-order valence-electron chi connectivity index (χ2n) is 6.56. The maximum Gasteiger partial charge on any atom is 0.266 e. The van der Waals surface area contributed by atoms with Crippen LogP contribution in [0, 0.1) is 17.1 Å². The third-order valence-corrected chi connectivity index (χ3v) is 4.18. The maximum absolute atomic E-state index is 13.6. The first-order valence-corrected chi connectivity index (χ1v) is 9.44. The van der Waals surface area contributed by atoms with Crippen LogP contribution in [-0.4, -0.2) is 23.5 Å². The quantitative estimate of drug-likeness (QED) is 0.296. The lowest BCUT2D eigenvalue weighted by Gasteiger charge is -2.09. The molecule has 7 nitrogen and oxygen atoms in total. The summed E-state index contributed by atoms with van der Waals surface area (Å²) in [6, 6.07) is 19.9. The lowest BCUT2D eigenvalue weighted by atomic mass is 10.1. The van der Waals surface area contributed by atoms with Crippen molar-refractivity contribution in [2.45, 2.75) is 0 Å². The Morgan fingerprint density at radius 1 is 1.03 bits per heavy atom. The predicted molar refractivity (Wildman–Crippen MR) is 117 cm³/mol. The van der Waals surface area contributed by atoms with Crippen molar-refractivity contribution in [2.24, 2.45) is 0 Å². The second kappa shape index (κ2) is 10.4. The van der Waals surface area contributed by atoms with E-state index in [1.807, 2.05) is 6.07 Å². The van der Waals surface area contributed by atoms with Gasteiger partial charge >= 0.3 is 0 Å². The highest BCUT2D eigenvalue weighted by Gasteiger charge is 2.11. The van der Waals surface area contributed by atoms with E-state index in [0.717, 1.165) is 0 Å². The zero-order chi connectivity index (χ0) is 22.9. The summed E-state index contributed by atoms with van der Waals surface area (Å²) in [5.41, 5.74) is 0.838. The summed E-state index contributed by atoms with van der Waals surface area (Å²) in [7, 11) is 0. The summed E-state index contributed by atoms with van der Waals surface area (Å²) in [4.78, 5) is 24.4. The Kier molecular flexibility index (Phi) is 7.17. The van der Waals surface area contributed by atoms with Crippen molar-refractivity contribution < 1.29 is 23.8 Å². The summed E-state index contributed by atoms with van der Waals surface area (Å²) in [5, 5.41) is 23.6. The first-order chi connectivity index (χ1) is 15.4. The van der Waals surface area contributed by atoms with Gasteiger partial charge in [0.2, 0.25) is 0 Å². The Morgan fingerprint density at radius 2 is 1.78 bits per heavy atom. The zero-order valence-corrected chi connectivity index (χ0v) is 16.7. The Balaban J connectivity index is 1.63. The van der Waals surface area contributed by atoms with Gasteiger partial charge in [-0.3, -0.25) is 9.59 Å². The molecule has 2 amide bonds. The average Bonchev–Trinajstić information content (AvgIpc) is 2.79. The molecule has 0 aliphatic heterocycles. The first kappa shape index (κ1) is 22.1. The Hall–Kier alpha value is -4.64. The van der Waals surface area contributed by atoms with Crippen LogP contribution in [0.3, 0.4) is 0 Å². The SMILES string of the molecule is N#CC(=Cc1cccc(OCC(=O)Nc2ccccc2F)c1)C(=O)Nc1ccc(O)cc1. The second-order valence-corrected chi connectivity index (χ2v) is 6.56. The van der Waals surface area contributed by atoms with Crippen molar-refractivity contribution in [3.8, 4) is 17.6 Å². The van der Waals surface area contributed by atoms with E-state index in [-0.39, 0.29) is 23.6 Å². The molecule has 0 saturated heterocycles. The fraction of sp³-hybridized carbons (Fsp3) is 0.0417. The number of rotatable bonds is 7. The molecule has 0 bridgehead atoms. The number of nitrogens with zero attached hydrogens (tertiary/aromatic N) is 1.